The Morgan fingerprint density at radius 3 is 2.53 bits per heavy atom. The number of hydrogen-bond donors (Lipinski definition) is 0. The Labute approximate surface area is 107 Å². The van der Waals surface area contributed by atoms with Crippen molar-refractivity contribution in [1.29, 1.82) is 0 Å². The van der Waals surface area contributed by atoms with Gasteiger partial charge < -0.3 is 0 Å². The van der Waals surface area contributed by atoms with E-state index in [-0.39, 0.29) is 6.04 Å². The first-order chi connectivity index (χ1) is 8.11. The monoisotopic (exact) mass is 239 g/mol. The third-order valence-electron chi connectivity index (χ3n) is 4.07. The second-order valence-electron chi connectivity index (χ2n) is 5.64. The molecule has 0 aromatic heterocycles. The van der Waals surface area contributed by atoms with Gasteiger partial charge in [0.25, 0.3) is 0 Å². The van der Waals surface area contributed by atoms with Gasteiger partial charge in [0.2, 0.25) is 0 Å². The molecule has 2 unspecified atom stereocenters. The molecule has 0 N–H and O–H groups in total. The first kappa shape index (κ1) is 14.7. The molecule has 1 rings (SSSR count). The van der Waals surface area contributed by atoms with E-state index in [1.807, 2.05) is 0 Å². The molecule has 0 saturated carbocycles. The minimum absolute atomic E-state index is 0.209. The van der Waals surface area contributed by atoms with Crippen molar-refractivity contribution in [2.75, 3.05) is 6.54 Å². The summed E-state index contributed by atoms with van der Waals surface area (Å²) in [6, 6.07) is 0.712. The summed E-state index contributed by atoms with van der Waals surface area (Å²) in [5, 5.41) is 0. The van der Waals surface area contributed by atoms with E-state index in [2.05, 4.69) is 32.6 Å². The van der Waals surface area contributed by atoms with Crippen molar-refractivity contribution in [3.63, 3.8) is 0 Å². The van der Waals surface area contributed by atoms with E-state index in [0.29, 0.717) is 17.7 Å². The van der Waals surface area contributed by atoms with Gasteiger partial charge in [-0.25, -0.2) is 0 Å². The van der Waals surface area contributed by atoms with Gasteiger partial charge in [-0.15, -0.1) is 0 Å². The van der Waals surface area contributed by atoms with Gasteiger partial charge in [-0.2, -0.15) is 0 Å². The van der Waals surface area contributed by atoms with E-state index in [9.17, 15) is 4.79 Å². The van der Waals surface area contributed by atoms with Gasteiger partial charge in [-0.05, 0) is 46.1 Å². The number of nitrogens with zero attached hydrogens (tertiary/aromatic N) is 1. The van der Waals surface area contributed by atoms with Gasteiger partial charge in [0.15, 0.2) is 5.78 Å². The molecule has 1 heterocycles. The van der Waals surface area contributed by atoms with Crippen LogP contribution in [0.3, 0.4) is 0 Å². The molecule has 0 aliphatic carbocycles. The zero-order valence-electron chi connectivity index (χ0n) is 12.0. The lowest BCUT2D eigenvalue weighted by Crippen LogP contribution is -2.49. The minimum atomic E-state index is 0.209. The fraction of sp³-hybridized carbons (Fsp3) is 0.933. The summed E-state index contributed by atoms with van der Waals surface area (Å²) in [6.07, 6.45) is 6.76. The highest BCUT2D eigenvalue weighted by Gasteiger charge is 2.33. The van der Waals surface area contributed by atoms with Gasteiger partial charge in [0.05, 0.1) is 6.04 Å². The Balaban J connectivity index is 2.69. The summed E-state index contributed by atoms with van der Waals surface area (Å²) in [7, 11) is 0. The lowest BCUT2D eigenvalue weighted by molar-refractivity contribution is -0.130. The zero-order valence-corrected chi connectivity index (χ0v) is 12.0. The number of hydrogen-bond acceptors (Lipinski definition) is 2. The fourth-order valence-corrected chi connectivity index (χ4v) is 3.05. The summed E-state index contributed by atoms with van der Waals surface area (Å²) in [4.78, 5) is 15.0. The van der Waals surface area contributed by atoms with E-state index in [1.165, 1.54) is 12.8 Å². The highest BCUT2D eigenvalue weighted by molar-refractivity contribution is 5.86. The van der Waals surface area contributed by atoms with E-state index in [0.717, 1.165) is 32.2 Å². The summed E-state index contributed by atoms with van der Waals surface area (Å²) in [5.74, 6) is 0.812. The van der Waals surface area contributed by atoms with Crippen LogP contribution in [-0.4, -0.2) is 29.3 Å². The van der Waals surface area contributed by atoms with Crippen molar-refractivity contribution in [2.45, 2.75) is 78.3 Å². The average Bonchev–Trinajstić information content (AvgIpc) is 2.35. The SMILES string of the molecule is CCCC(CC)C(=O)C1CCCCN1C(C)C. The molecule has 2 heteroatoms. The highest BCUT2D eigenvalue weighted by Crippen LogP contribution is 2.25. The quantitative estimate of drug-likeness (QED) is 0.705. The van der Waals surface area contributed by atoms with E-state index >= 15 is 0 Å². The minimum Gasteiger partial charge on any atom is -0.298 e. The van der Waals surface area contributed by atoms with E-state index in [4.69, 9.17) is 0 Å². The normalized spacial score (nSPS) is 23.9. The van der Waals surface area contributed by atoms with Crippen molar-refractivity contribution >= 4 is 5.78 Å². The molecule has 0 radical (unpaired) electrons. The van der Waals surface area contributed by atoms with E-state index < -0.39 is 0 Å². The average molecular weight is 239 g/mol. The van der Waals surface area contributed by atoms with Crippen LogP contribution in [-0.2, 0) is 4.79 Å². The van der Waals surface area contributed by atoms with Crippen molar-refractivity contribution in [3.8, 4) is 0 Å². The van der Waals surface area contributed by atoms with Crippen LogP contribution < -0.4 is 0 Å². The highest BCUT2D eigenvalue weighted by atomic mass is 16.1. The zero-order chi connectivity index (χ0) is 12.8. The van der Waals surface area contributed by atoms with Gasteiger partial charge in [-0.1, -0.05) is 26.7 Å². The van der Waals surface area contributed by atoms with Crippen LogP contribution in [0.25, 0.3) is 0 Å². The smallest absolute Gasteiger partial charge is 0.153 e. The first-order valence-corrected chi connectivity index (χ1v) is 7.41. The van der Waals surface area contributed by atoms with Crippen molar-refractivity contribution in [2.24, 2.45) is 5.92 Å². The first-order valence-electron chi connectivity index (χ1n) is 7.41. The van der Waals surface area contributed by atoms with Crippen LogP contribution >= 0.6 is 0 Å². The summed E-state index contributed by atoms with van der Waals surface area (Å²) in [5.41, 5.74) is 0. The molecule has 0 aromatic rings. The Kier molecular flexibility index (Phi) is 6.18. The number of carbonyl (C=O) groups is 1. The standard InChI is InChI=1S/C15H29NO/c1-5-9-13(6-2)15(17)14-10-7-8-11-16(14)12(3)4/h12-14H,5-11H2,1-4H3. The van der Waals surface area contributed by atoms with Crippen LogP contribution in [0, 0.1) is 5.92 Å². The lowest BCUT2D eigenvalue weighted by atomic mass is 9.86. The molecule has 17 heavy (non-hydrogen) atoms. The molecule has 1 aliphatic rings. The maximum Gasteiger partial charge on any atom is 0.153 e. The van der Waals surface area contributed by atoms with E-state index in [1.54, 1.807) is 0 Å². The topological polar surface area (TPSA) is 20.3 Å². The molecule has 0 aromatic carbocycles. The van der Waals surface area contributed by atoms with Crippen LogP contribution in [0.2, 0.25) is 0 Å². The van der Waals surface area contributed by atoms with Crippen molar-refractivity contribution in [3.05, 3.63) is 0 Å². The Morgan fingerprint density at radius 1 is 1.29 bits per heavy atom. The van der Waals surface area contributed by atoms with Crippen molar-refractivity contribution < 1.29 is 4.79 Å². The van der Waals surface area contributed by atoms with Crippen molar-refractivity contribution in [1.82, 2.24) is 4.90 Å². The number of Topliss-reactive ketones (excluding diaryl/α,β-unsaturated/α-hetero) is 1. The number of likely N-dealkylation sites (tertiary alicyclic amines) is 1. The molecule has 100 valence electrons. The van der Waals surface area contributed by atoms with Crippen LogP contribution in [0.5, 0.6) is 0 Å². The number of ketones is 1. The van der Waals surface area contributed by atoms with Crippen LogP contribution in [0.4, 0.5) is 0 Å². The maximum atomic E-state index is 12.6. The second-order valence-corrected chi connectivity index (χ2v) is 5.64. The molecular weight excluding hydrogens is 210 g/mol. The third-order valence-corrected chi connectivity index (χ3v) is 4.07. The molecule has 1 aliphatic heterocycles. The van der Waals surface area contributed by atoms with Gasteiger partial charge in [0, 0.05) is 12.0 Å². The van der Waals surface area contributed by atoms with Gasteiger partial charge >= 0.3 is 0 Å². The molecule has 0 amide bonds. The summed E-state index contributed by atoms with van der Waals surface area (Å²) in [6.45, 7) is 9.87. The Hall–Kier alpha value is -0.370. The number of piperidine rings is 1. The molecule has 0 spiro atoms. The van der Waals surface area contributed by atoms with Gasteiger partial charge in [0.1, 0.15) is 0 Å². The summed E-state index contributed by atoms with van der Waals surface area (Å²) < 4.78 is 0. The summed E-state index contributed by atoms with van der Waals surface area (Å²) >= 11 is 0. The Morgan fingerprint density at radius 2 is 2.00 bits per heavy atom. The molecule has 2 nitrogen and oxygen atoms in total. The molecule has 1 saturated heterocycles. The Bertz CT molecular complexity index is 237. The predicted octanol–water partition coefficient (Wildman–Crippen LogP) is 3.64. The van der Waals surface area contributed by atoms with Gasteiger partial charge in [-0.3, -0.25) is 9.69 Å². The van der Waals surface area contributed by atoms with Crippen LogP contribution in [0.15, 0.2) is 0 Å². The largest absolute Gasteiger partial charge is 0.298 e. The number of rotatable bonds is 6. The molecule has 1 fully saturated rings. The maximum absolute atomic E-state index is 12.6. The third kappa shape index (κ3) is 3.80. The lowest BCUT2D eigenvalue weighted by Gasteiger charge is -2.39. The molecule has 0 bridgehead atoms. The molecular formula is C15H29NO. The predicted molar refractivity (Wildman–Crippen MR) is 73.2 cm³/mol. The second kappa shape index (κ2) is 7.15. The molecule has 2 atom stereocenters. The van der Waals surface area contributed by atoms with Crippen LogP contribution in [0.1, 0.15) is 66.2 Å². The number of carbonyl (C=O) groups excluding carboxylic acids is 1. The fourth-order valence-electron chi connectivity index (χ4n) is 3.05.